The normalized spacial score (nSPS) is 12.9. The molecule has 0 saturated carbocycles. The van der Waals surface area contributed by atoms with Crippen LogP contribution in [0.25, 0.3) is 0 Å². The van der Waals surface area contributed by atoms with Crippen LogP contribution in [-0.2, 0) is 30.2 Å². The van der Waals surface area contributed by atoms with E-state index in [1.165, 1.54) is 25.1 Å². The Labute approximate surface area is 235 Å². The van der Waals surface area contributed by atoms with E-state index >= 15 is 0 Å². The summed E-state index contributed by atoms with van der Waals surface area (Å²) in [6.07, 6.45) is 1.20. The Balaban J connectivity index is 3.03. The maximum absolute atomic E-state index is 12.2. The third-order valence-electron chi connectivity index (χ3n) is 5.69. The van der Waals surface area contributed by atoms with Crippen molar-refractivity contribution in [2.45, 2.75) is 97.1 Å². The number of hydrogen-bond donors (Lipinski definition) is 2. The second-order valence-corrected chi connectivity index (χ2v) is 9.47. The van der Waals surface area contributed by atoms with Crippen LogP contribution in [0, 0.1) is 0 Å². The molecule has 1 aromatic carbocycles. The first-order chi connectivity index (χ1) is 19.0. The highest BCUT2D eigenvalue weighted by Gasteiger charge is 2.37. The van der Waals surface area contributed by atoms with Crippen LogP contribution in [0.4, 0.5) is 14.4 Å². The largest absolute Gasteiger partial charge is 0.513 e. The van der Waals surface area contributed by atoms with Gasteiger partial charge >= 0.3 is 24.4 Å². The number of carbonyl (C=O) groups is 4. The molecule has 0 fully saturated rings. The molecule has 0 aliphatic rings. The molecule has 0 unspecified atom stereocenters. The molecule has 226 valence electrons. The van der Waals surface area contributed by atoms with Gasteiger partial charge in [0.2, 0.25) is 0 Å². The smallest absolute Gasteiger partial charge is 0.480 e. The van der Waals surface area contributed by atoms with Gasteiger partial charge in [-0.2, -0.15) is 0 Å². The standard InChI is InChI=1S/C28H43NO11/c1-5-8-11-16-37-25(32)38-20(4)18-28(29,24(30)31)19-21-12-13-22(39-26(33)35-14-9-6-2)23(17-21)40-27(34)36-15-10-7-3/h12-13,17,20H,5-11,14-16,18-19,29H2,1-4H3,(H,30,31)/t20-,28+/m0/s1. The third-order valence-corrected chi connectivity index (χ3v) is 5.69. The zero-order chi connectivity index (χ0) is 30.0. The Bertz CT molecular complexity index is 952. The van der Waals surface area contributed by atoms with Crippen molar-refractivity contribution in [3.8, 4) is 11.5 Å². The number of unbranched alkanes of at least 4 members (excludes halogenated alkanes) is 4. The predicted molar refractivity (Wildman–Crippen MR) is 145 cm³/mol. The highest BCUT2D eigenvalue weighted by Crippen LogP contribution is 2.31. The molecule has 40 heavy (non-hydrogen) atoms. The van der Waals surface area contributed by atoms with Gasteiger partial charge < -0.3 is 39.3 Å². The van der Waals surface area contributed by atoms with Crippen molar-refractivity contribution in [2.75, 3.05) is 19.8 Å². The lowest BCUT2D eigenvalue weighted by molar-refractivity contribution is -0.144. The summed E-state index contributed by atoms with van der Waals surface area (Å²) in [6.45, 7) is 7.89. The third kappa shape index (κ3) is 13.5. The highest BCUT2D eigenvalue weighted by molar-refractivity contribution is 5.79. The monoisotopic (exact) mass is 569 g/mol. The van der Waals surface area contributed by atoms with Crippen LogP contribution in [0.2, 0.25) is 0 Å². The minimum atomic E-state index is -1.86. The molecule has 12 heteroatoms. The Morgan fingerprint density at radius 3 is 1.88 bits per heavy atom. The van der Waals surface area contributed by atoms with E-state index in [2.05, 4.69) is 0 Å². The van der Waals surface area contributed by atoms with Crippen molar-refractivity contribution in [2.24, 2.45) is 5.73 Å². The second-order valence-electron chi connectivity index (χ2n) is 9.47. The van der Waals surface area contributed by atoms with Crippen LogP contribution in [0.5, 0.6) is 11.5 Å². The van der Waals surface area contributed by atoms with Gasteiger partial charge in [0.15, 0.2) is 11.5 Å². The maximum Gasteiger partial charge on any atom is 0.513 e. The van der Waals surface area contributed by atoms with E-state index in [0.717, 1.165) is 25.7 Å². The quantitative estimate of drug-likeness (QED) is 0.0949. The van der Waals surface area contributed by atoms with Crippen molar-refractivity contribution in [1.82, 2.24) is 0 Å². The molecule has 2 atom stereocenters. The van der Waals surface area contributed by atoms with Crippen LogP contribution in [0.1, 0.15) is 84.6 Å². The molecule has 12 nitrogen and oxygen atoms in total. The molecule has 0 aliphatic carbocycles. The van der Waals surface area contributed by atoms with Crippen molar-refractivity contribution in [3.05, 3.63) is 23.8 Å². The molecular weight excluding hydrogens is 526 g/mol. The molecular formula is C28H43NO11. The first kappa shape index (κ1) is 34.5. The lowest BCUT2D eigenvalue weighted by Crippen LogP contribution is -2.52. The summed E-state index contributed by atoms with van der Waals surface area (Å²) in [5, 5.41) is 9.90. The molecule has 0 amide bonds. The van der Waals surface area contributed by atoms with Crippen LogP contribution < -0.4 is 15.2 Å². The first-order valence-corrected chi connectivity index (χ1v) is 13.7. The molecule has 1 rings (SSSR count). The minimum absolute atomic E-state index is 0.127. The van der Waals surface area contributed by atoms with Crippen LogP contribution in [0.3, 0.4) is 0 Å². The van der Waals surface area contributed by atoms with Crippen molar-refractivity contribution < 1.29 is 52.7 Å². The summed E-state index contributed by atoms with van der Waals surface area (Å²) < 4.78 is 30.7. The lowest BCUT2D eigenvalue weighted by Gasteiger charge is -2.28. The molecule has 0 saturated heterocycles. The number of aliphatic carboxylic acids is 1. The molecule has 0 aromatic heterocycles. The number of carboxylic acid groups (broad SMARTS) is 1. The fourth-order valence-corrected chi connectivity index (χ4v) is 3.52. The molecule has 0 heterocycles. The molecule has 0 aliphatic heterocycles. The minimum Gasteiger partial charge on any atom is -0.480 e. The summed E-state index contributed by atoms with van der Waals surface area (Å²) in [7, 11) is 0. The Morgan fingerprint density at radius 2 is 1.32 bits per heavy atom. The fraction of sp³-hybridized carbons (Fsp3) is 0.643. The predicted octanol–water partition coefficient (Wildman–Crippen LogP) is 5.76. The number of benzene rings is 1. The van der Waals surface area contributed by atoms with E-state index in [1.807, 2.05) is 20.8 Å². The molecule has 0 spiro atoms. The highest BCUT2D eigenvalue weighted by atomic mass is 16.7. The van der Waals surface area contributed by atoms with Gasteiger partial charge in [-0.3, -0.25) is 4.79 Å². The van der Waals surface area contributed by atoms with Crippen molar-refractivity contribution >= 4 is 24.4 Å². The van der Waals surface area contributed by atoms with Gasteiger partial charge in [-0.1, -0.05) is 52.5 Å². The van der Waals surface area contributed by atoms with Crippen molar-refractivity contribution in [3.63, 3.8) is 0 Å². The van der Waals surface area contributed by atoms with E-state index in [0.29, 0.717) is 24.8 Å². The first-order valence-electron chi connectivity index (χ1n) is 13.7. The molecule has 3 N–H and O–H groups in total. The zero-order valence-corrected chi connectivity index (χ0v) is 23.9. The Hall–Kier alpha value is -3.54. The molecule has 0 radical (unpaired) electrons. The SMILES string of the molecule is CCCCCOC(=O)O[C@@H](C)C[C@@](N)(Cc1ccc(OC(=O)OCCCC)c(OC(=O)OCCCC)c1)C(=O)O. The van der Waals surface area contributed by atoms with Gasteiger partial charge in [-0.05, 0) is 43.9 Å². The topological polar surface area (TPSA) is 170 Å². The van der Waals surface area contributed by atoms with E-state index in [4.69, 9.17) is 34.2 Å². The summed E-state index contributed by atoms with van der Waals surface area (Å²) in [4.78, 5) is 48.4. The summed E-state index contributed by atoms with van der Waals surface area (Å²) in [6, 6.07) is 4.14. The summed E-state index contributed by atoms with van der Waals surface area (Å²) >= 11 is 0. The number of nitrogens with two attached hydrogens (primary N) is 1. The number of carbonyl (C=O) groups excluding carboxylic acids is 3. The van der Waals surface area contributed by atoms with E-state index in [1.54, 1.807) is 0 Å². The maximum atomic E-state index is 12.2. The number of carboxylic acids is 1. The number of rotatable bonds is 18. The second kappa shape index (κ2) is 18.7. The fourth-order valence-electron chi connectivity index (χ4n) is 3.52. The molecule has 1 aromatic rings. The van der Waals surface area contributed by atoms with Crippen LogP contribution >= 0.6 is 0 Å². The van der Waals surface area contributed by atoms with Gasteiger partial charge in [0.1, 0.15) is 11.6 Å². The van der Waals surface area contributed by atoms with Gasteiger partial charge in [0.05, 0.1) is 19.8 Å². The van der Waals surface area contributed by atoms with Gasteiger partial charge in [-0.25, -0.2) is 14.4 Å². The summed E-state index contributed by atoms with van der Waals surface area (Å²) in [5.74, 6) is -1.64. The lowest BCUT2D eigenvalue weighted by atomic mass is 9.86. The zero-order valence-electron chi connectivity index (χ0n) is 23.9. The van der Waals surface area contributed by atoms with Gasteiger partial charge in [0.25, 0.3) is 0 Å². The number of hydrogen-bond acceptors (Lipinski definition) is 11. The average molecular weight is 570 g/mol. The van der Waals surface area contributed by atoms with Gasteiger partial charge in [0, 0.05) is 12.8 Å². The van der Waals surface area contributed by atoms with E-state index in [-0.39, 0.29) is 44.2 Å². The van der Waals surface area contributed by atoms with Gasteiger partial charge in [-0.15, -0.1) is 0 Å². The van der Waals surface area contributed by atoms with E-state index < -0.39 is 36.1 Å². The summed E-state index contributed by atoms with van der Waals surface area (Å²) in [5.41, 5.74) is 4.73. The number of ether oxygens (including phenoxy) is 6. The Morgan fingerprint density at radius 1 is 0.800 bits per heavy atom. The van der Waals surface area contributed by atoms with Crippen LogP contribution in [0.15, 0.2) is 18.2 Å². The Kier molecular flexibility index (Phi) is 16.1. The molecule has 0 bridgehead atoms. The average Bonchev–Trinajstić information content (AvgIpc) is 2.88. The van der Waals surface area contributed by atoms with Crippen molar-refractivity contribution in [1.29, 1.82) is 0 Å². The van der Waals surface area contributed by atoms with E-state index in [9.17, 15) is 24.3 Å². The van der Waals surface area contributed by atoms with Crippen LogP contribution in [-0.4, -0.2) is 61.0 Å².